The van der Waals surface area contributed by atoms with Crippen molar-refractivity contribution in [2.24, 2.45) is 0 Å². The fraction of sp³-hybridized carbons (Fsp3) is 0.462. The number of carbonyl (C=O) groups excluding carboxylic acids is 1. The van der Waals surface area contributed by atoms with E-state index in [1.165, 1.54) is 4.90 Å². The first kappa shape index (κ1) is 16.2. The largest absolute Gasteiger partial charge is 0.387 e. The van der Waals surface area contributed by atoms with Gasteiger partial charge >= 0.3 is 0 Å². The molecule has 0 saturated carbocycles. The molecule has 1 rings (SSSR count). The lowest BCUT2D eigenvalue weighted by Crippen LogP contribution is -2.42. The maximum atomic E-state index is 11.6. The van der Waals surface area contributed by atoms with E-state index in [0.29, 0.717) is 15.6 Å². The van der Waals surface area contributed by atoms with Gasteiger partial charge in [-0.05, 0) is 25.1 Å². The number of benzene rings is 1. The molecule has 0 spiro atoms. The minimum Gasteiger partial charge on any atom is -0.387 e. The number of hydrogen-bond acceptors (Lipinski definition) is 3. The third-order valence-electron chi connectivity index (χ3n) is 2.75. The molecule has 2 N–H and O–H groups in total. The van der Waals surface area contributed by atoms with E-state index in [2.05, 4.69) is 5.32 Å². The minimum absolute atomic E-state index is 0.0515. The number of aliphatic hydroxyl groups is 1. The SMILES string of the molecule is CC(NCC(O)c1cc(Cl)ccc1Cl)C(=O)N(C)C. The molecule has 1 amide bonds. The zero-order valence-electron chi connectivity index (χ0n) is 11.2. The van der Waals surface area contributed by atoms with Crippen LogP contribution in [0.15, 0.2) is 18.2 Å². The number of nitrogens with zero attached hydrogens (tertiary/aromatic N) is 1. The number of nitrogens with one attached hydrogen (secondary N) is 1. The molecule has 0 aromatic heterocycles. The third kappa shape index (κ3) is 4.66. The van der Waals surface area contributed by atoms with Crippen LogP contribution in [0.5, 0.6) is 0 Å². The molecule has 106 valence electrons. The van der Waals surface area contributed by atoms with Crippen molar-refractivity contribution in [3.05, 3.63) is 33.8 Å². The smallest absolute Gasteiger partial charge is 0.238 e. The van der Waals surface area contributed by atoms with Crippen LogP contribution in [0, 0.1) is 0 Å². The van der Waals surface area contributed by atoms with Crippen molar-refractivity contribution in [2.45, 2.75) is 19.1 Å². The fourth-order valence-corrected chi connectivity index (χ4v) is 2.07. The van der Waals surface area contributed by atoms with Crippen LogP contribution in [0.25, 0.3) is 0 Å². The first-order valence-electron chi connectivity index (χ1n) is 5.90. The highest BCUT2D eigenvalue weighted by atomic mass is 35.5. The molecule has 0 aliphatic rings. The average Bonchev–Trinajstić information content (AvgIpc) is 2.37. The van der Waals surface area contributed by atoms with E-state index >= 15 is 0 Å². The summed E-state index contributed by atoms with van der Waals surface area (Å²) in [5.74, 6) is -0.0515. The van der Waals surface area contributed by atoms with Gasteiger partial charge in [-0.25, -0.2) is 0 Å². The van der Waals surface area contributed by atoms with Crippen molar-refractivity contribution >= 4 is 29.1 Å². The Morgan fingerprint density at radius 3 is 2.63 bits per heavy atom. The lowest BCUT2D eigenvalue weighted by Gasteiger charge is -2.20. The average molecular weight is 305 g/mol. The topological polar surface area (TPSA) is 52.6 Å². The maximum absolute atomic E-state index is 11.6. The van der Waals surface area contributed by atoms with E-state index in [1.807, 2.05) is 0 Å². The molecule has 0 saturated heterocycles. The fourth-order valence-electron chi connectivity index (χ4n) is 1.64. The normalized spacial score (nSPS) is 14.0. The van der Waals surface area contributed by atoms with Crippen molar-refractivity contribution < 1.29 is 9.90 Å². The summed E-state index contributed by atoms with van der Waals surface area (Å²) in [6, 6.07) is 4.54. The molecule has 1 aromatic carbocycles. The number of aliphatic hydroxyl groups excluding tert-OH is 1. The van der Waals surface area contributed by atoms with Gasteiger partial charge in [-0.1, -0.05) is 23.2 Å². The second-order valence-electron chi connectivity index (χ2n) is 4.54. The van der Waals surface area contributed by atoms with Gasteiger partial charge in [0.05, 0.1) is 12.1 Å². The van der Waals surface area contributed by atoms with Gasteiger partial charge in [0.2, 0.25) is 5.91 Å². The van der Waals surface area contributed by atoms with Crippen LogP contribution in [-0.4, -0.2) is 42.6 Å². The van der Waals surface area contributed by atoms with E-state index < -0.39 is 6.10 Å². The molecule has 0 aliphatic carbocycles. The van der Waals surface area contributed by atoms with E-state index in [-0.39, 0.29) is 18.5 Å². The van der Waals surface area contributed by atoms with Crippen LogP contribution in [0.2, 0.25) is 10.0 Å². The van der Waals surface area contributed by atoms with Crippen LogP contribution in [-0.2, 0) is 4.79 Å². The first-order chi connectivity index (χ1) is 8.82. The zero-order chi connectivity index (χ0) is 14.6. The summed E-state index contributed by atoms with van der Waals surface area (Å²) in [6.45, 7) is 1.97. The highest BCUT2D eigenvalue weighted by Crippen LogP contribution is 2.26. The van der Waals surface area contributed by atoms with E-state index in [4.69, 9.17) is 23.2 Å². The van der Waals surface area contributed by atoms with Crippen LogP contribution < -0.4 is 5.32 Å². The number of carbonyl (C=O) groups is 1. The van der Waals surface area contributed by atoms with Crippen LogP contribution in [0.3, 0.4) is 0 Å². The summed E-state index contributed by atoms with van der Waals surface area (Å²) < 4.78 is 0. The molecule has 1 aromatic rings. The van der Waals surface area contributed by atoms with Crippen LogP contribution in [0.1, 0.15) is 18.6 Å². The Morgan fingerprint density at radius 1 is 1.42 bits per heavy atom. The van der Waals surface area contributed by atoms with Crippen molar-refractivity contribution in [1.82, 2.24) is 10.2 Å². The van der Waals surface area contributed by atoms with E-state index in [9.17, 15) is 9.90 Å². The summed E-state index contributed by atoms with van der Waals surface area (Å²) in [7, 11) is 3.37. The number of hydrogen-bond donors (Lipinski definition) is 2. The van der Waals surface area contributed by atoms with Gasteiger partial charge in [-0.3, -0.25) is 4.79 Å². The highest BCUT2D eigenvalue weighted by Gasteiger charge is 2.17. The molecule has 2 unspecified atom stereocenters. The van der Waals surface area contributed by atoms with Crippen molar-refractivity contribution in [1.29, 1.82) is 0 Å². The van der Waals surface area contributed by atoms with Crippen LogP contribution in [0.4, 0.5) is 0 Å². The molecule has 6 heteroatoms. The van der Waals surface area contributed by atoms with Crippen molar-refractivity contribution in [3.63, 3.8) is 0 Å². The second kappa shape index (κ2) is 7.10. The Bertz CT molecular complexity index is 452. The molecule has 0 radical (unpaired) electrons. The Kier molecular flexibility index (Phi) is 6.07. The molecule has 0 heterocycles. The maximum Gasteiger partial charge on any atom is 0.238 e. The molecular formula is C13H18Cl2N2O2. The van der Waals surface area contributed by atoms with Gasteiger partial charge in [0.1, 0.15) is 0 Å². The molecule has 19 heavy (non-hydrogen) atoms. The van der Waals surface area contributed by atoms with Crippen LogP contribution >= 0.6 is 23.2 Å². The number of likely N-dealkylation sites (N-methyl/N-ethyl adjacent to an activating group) is 1. The molecule has 0 bridgehead atoms. The Morgan fingerprint density at radius 2 is 2.05 bits per heavy atom. The van der Waals surface area contributed by atoms with Gasteiger partial charge in [0.15, 0.2) is 0 Å². The van der Waals surface area contributed by atoms with Gasteiger partial charge in [-0.2, -0.15) is 0 Å². The van der Waals surface area contributed by atoms with Crippen molar-refractivity contribution in [3.8, 4) is 0 Å². The predicted molar refractivity (Wildman–Crippen MR) is 77.6 cm³/mol. The number of halogens is 2. The molecule has 0 aliphatic heterocycles. The third-order valence-corrected chi connectivity index (χ3v) is 3.32. The van der Waals surface area contributed by atoms with Gasteiger partial charge in [-0.15, -0.1) is 0 Å². The zero-order valence-corrected chi connectivity index (χ0v) is 12.7. The second-order valence-corrected chi connectivity index (χ2v) is 5.39. The quantitative estimate of drug-likeness (QED) is 0.876. The Balaban J connectivity index is 2.63. The standard InChI is InChI=1S/C13H18Cl2N2O2/c1-8(13(19)17(2)3)16-7-12(18)10-6-9(14)4-5-11(10)15/h4-6,8,12,16,18H,7H2,1-3H3. The molecule has 4 nitrogen and oxygen atoms in total. The minimum atomic E-state index is -0.816. The summed E-state index contributed by atoms with van der Waals surface area (Å²) in [5.41, 5.74) is 0.547. The lowest BCUT2D eigenvalue weighted by atomic mass is 10.1. The molecule has 2 atom stereocenters. The Labute approximate surface area is 123 Å². The summed E-state index contributed by atoms with van der Waals surface area (Å²) >= 11 is 11.9. The monoisotopic (exact) mass is 304 g/mol. The number of rotatable bonds is 5. The summed E-state index contributed by atoms with van der Waals surface area (Å²) in [5, 5.41) is 14.0. The van der Waals surface area contributed by atoms with Gasteiger partial charge in [0, 0.05) is 36.2 Å². The summed E-state index contributed by atoms with van der Waals surface area (Å²) in [6.07, 6.45) is -0.816. The van der Waals surface area contributed by atoms with Crippen molar-refractivity contribution in [2.75, 3.05) is 20.6 Å². The molecular weight excluding hydrogens is 287 g/mol. The number of amides is 1. The predicted octanol–water partition coefficient (Wildman–Crippen LogP) is 2.09. The van der Waals surface area contributed by atoms with E-state index in [0.717, 1.165) is 0 Å². The van der Waals surface area contributed by atoms with Gasteiger partial charge < -0.3 is 15.3 Å². The van der Waals surface area contributed by atoms with Gasteiger partial charge in [0.25, 0.3) is 0 Å². The molecule has 0 fully saturated rings. The summed E-state index contributed by atoms with van der Waals surface area (Å²) in [4.78, 5) is 13.1. The van der Waals surface area contributed by atoms with E-state index in [1.54, 1.807) is 39.2 Å². The Hall–Kier alpha value is -0.810. The first-order valence-corrected chi connectivity index (χ1v) is 6.66. The lowest BCUT2D eigenvalue weighted by molar-refractivity contribution is -0.130. The highest BCUT2D eigenvalue weighted by molar-refractivity contribution is 6.33.